The van der Waals surface area contributed by atoms with Gasteiger partial charge in [0.15, 0.2) is 0 Å². The van der Waals surface area contributed by atoms with Gasteiger partial charge in [0.1, 0.15) is 10.7 Å². The fourth-order valence-electron chi connectivity index (χ4n) is 1.69. The van der Waals surface area contributed by atoms with Gasteiger partial charge in [-0.15, -0.1) is 0 Å². The Morgan fingerprint density at radius 3 is 2.71 bits per heavy atom. The predicted molar refractivity (Wildman–Crippen MR) is 65.7 cm³/mol. The molecule has 5 nitrogen and oxygen atoms in total. The number of furan rings is 1. The second-order valence-corrected chi connectivity index (χ2v) is 4.53. The molecule has 0 aliphatic carbocycles. The minimum absolute atomic E-state index is 0.198. The fourth-order valence-corrected chi connectivity index (χ4v) is 1.69. The molecule has 0 saturated heterocycles. The van der Waals surface area contributed by atoms with Crippen LogP contribution >= 0.6 is 0 Å². The van der Waals surface area contributed by atoms with E-state index in [2.05, 4.69) is 26.1 Å². The molecular formula is C12H20N2O3. The molecule has 0 aliphatic rings. The monoisotopic (exact) mass is 240 g/mol. The first-order valence-corrected chi connectivity index (χ1v) is 5.99. The molecule has 0 amide bonds. The Bertz CT molecular complexity index is 362. The number of nitro groups is 1. The Morgan fingerprint density at radius 2 is 2.18 bits per heavy atom. The van der Waals surface area contributed by atoms with E-state index in [1.165, 1.54) is 6.07 Å². The van der Waals surface area contributed by atoms with Gasteiger partial charge in [0.2, 0.25) is 0 Å². The van der Waals surface area contributed by atoms with E-state index in [1.54, 1.807) is 6.07 Å². The van der Waals surface area contributed by atoms with E-state index in [4.69, 9.17) is 4.42 Å². The van der Waals surface area contributed by atoms with Crippen LogP contribution in [0, 0.1) is 16.0 Å². The van der Waals surface area contributed by atoms with Gasteiger partial charge in [0, 0.05) is 6.04 Å². The first-order valence-electron chi connectivity index (χ1n) is 5.99. The molecule has 2 atom stereocenters. The second-order valence-electron chi connectivity index (χ2n) is 4.53. The molecular weight excluding hydrogens is 220 g/mol. The molecule has 0 aromatic carbocycles. The van der Waals surface area contributed by atoms with Crippen LogP contribution in [0.3, 0.4) is 0 Å². The quantitative estimate of drug-likeness (QED) is 0.587. The maximum atomic E-state index is 10.4. The third-order valence-corrected chi connectivity index (χ3v) is 2.91. The normalized spacial score (nSPS) is 14.5. The largest absolute Gasteiger partial charge is 0.433 e. The Hall–Kier alpha value is -1.36. The van der Waals surface area contributed by atoms with Gasteiger partial charge in [-0.1, -0.05) is 20.3 Å². The van der Waals surface area contributed by atoms with Crippen LogP contribution in [0.25, 0.3) is 0 Å². The minimum Gasteiger partial charge on any atom is -0.404 e. The molecule has 1 N–H and O–H groups in total. The first-order chi connectivity index (χ1) is 8.02. The van der Waals surface area contributed by atoms with E-state index in [1.807, 2.05) is 0 Å². The van der Waals surface area contributed by atoms with Crippen molar-refractivity contribution in [3.05, 3.63) is 28.0 Å². The summed E-state index contributed by atoms with van der Waals surface area (Å²) in [5, 5.41) is 13.7. The van der Waals surface area contributed by atoms with Crippen LogP contribution in [0.1, 0.15) is 39.4 Å². The zero-order valence-electron chi connectivity index (χ0n) is 10.6. The van der Waals surface area contributed by atoms with Crippen LogP contribution in [0.2, 0.25) is 0 Å². The lowest BCUT2D eigenvalue weighted by molar-refractivity contribution is -0.402. The minimum atomic E-state index is -0.522. The van der Waals surface area contributed by atoms with Gasteiger partial charge in [-0.3, -0.25) is 10.1 Å². The van der Waals surface area contributed by atoms with Crippen molar-refractivity contribution in [3.63, 3.8) is 0 Å². The van der Waals surface area contributed by atoms with E-state index in [-0.39, 0.29) is 5.88 Å². The molecule has 0 fully saturated rings. The van der Waals surface area contributed by atoms with E-state index < -0.39 is 4.92 Å². The summed E-state index contributed by atoms with van der Waals surface area (Å²) < 4.78 is 5.07. The third kappa shape index (κ3) is 4.56. The second kappa shape index (κ2) is 6.39. The van der Waals surface area contributed by atoms with Crippen molar-refractivity contribution in [3.8, 4) is 0 Å². The van der Waals surface area contributed by atoms with Gasteiger partial charge in [-0.05, 0) is 25.3 Å². The average Bonchev–Trinajstić information content (AvgIpc) is 2.75. The van der Waals surface area contributed by atoms with Crippen molar-refractivity contribution in [2.75, 3.05) is 0 Å². The Balaban J connectivity index is 2.36. The van der Waals surface area contributed by atoms with Crippen molar-refractivity contribution in [2.45, 2.75) is 46.2 Å². The van der Waals surface area contributed by atoms with Gasteiger partial charge in [0.25, 0.3) is 0 Å². The van der Waals surface area contributed by atoms with Crippen molar-refractivity contribution >= 4 is 5.88 Å². The van der Waals surface area contributed by atoms with Gasteiger partial charge in [0.05, 0.1) is 12.6 Å². The summed E-state index contributed by atoms with van der Waals surface area (Å²) in [7, 11) is 0. The van der Waals surface area contributed by atoms with Crippen molar-refractivity contribution in [1.82, 2.24) is 5.32 Å². The van der Waals surface area contributed by atoms with Crippen molar-refractivity contribution in [2.24, 2.45) is 5.92 Å². The lowest BCUT2D eigenvalue weighted by atomic mass is 10.0. The number of rotatable bonds is 7. The number of hydrogen-bond acceptors (Lipinski definition) is 4. The molecule has 0 aliphatic heterocycles. The SMILES string of the molecule is CCC(C)CC(C)NCc1ccc([N+](=O)[O-])o1. The molecule has 0 spiro atoms. The third-order valence-electron chi connectivity index (χ3n) is 2.91. The molecule has 1 aromatic heterocycles. The molecule has 0 radical (unpaired) electrons. The standard InChI is InChI=1S/C12H20N2O3/c1-4-9(2)7-10(3)13-8-11-5-6-12(17-11)14(15)16/h5-6,9-10,13H,4,7-8H2,1-3H3. The summed E-state index contributed by atoms with van der Waals surface area (Å²) in [6.45, 7) is 7.04. The molecule has 5 heteroatoms. The average molecular weight is 240 g/mol. The lowest BCUT2D eigenvalue weighted by Gasteiger charge is -2.16. The molecule has 96 valence electrons. The summed E-state index contributed by atoms with van der Waals surface area (Å²) >= 11 is 0. The highest BCUT2D eigenvalue weighted by molar-refractivity contribution is 5.17. The number of hydrogen-bond donors (Lipinski definition) is 1. The molecule has 0 bridgehead atoms. The summed E-state index contributed by atoms with van der Waals surface area (Å²) in [5.74, 6) is 1.09. The van der Waals surface area contributed by atoms with E-state index in [9.17, 15) is 10.1 Å². The zero-order valence-corrected chi connectivity index (χ0v) is 10.6. The van der Waals surface area contributed by atoms with Crippen LogP contribution in [-0.4, -0.2) is 11.0 Å². The maximum absolute atomic E-state index is 10.4. The van der Waals surface area contributed by atoms with E-state index in [0.29, 0.717) is 24.3 Å². The Morgan fingerprint density at radius 1 is 1.47 bits per heavy atom. The fraction of sp³-hybridized carbons (Fsp3) is 0.667. The number of nitrogens with zero attached hydrogens (tertiary/aromatic N) is 1. The maximum Gasteiger partial charge on any atom is 0.433 e. The highest BCUT2D eigenvalue weighted by atomic mass is 16.6. The lowest BCUT2D eigenvalue weighted by Crippen LogP contribution is -2.27. The van der Waals surface area contributed by atoms with Crippen LogP contribution in [0.15, 0.2) is 16.5 Å². The molecule has 1 rings (SSSR count). The topological polar surface area (TPSA) is 68.3 Å². The van der Waals surface area contributed by atoms with Crippen LogP contribution in [0.4, 0.5) is 5.88 Å². The van der Waals surface area contributed by atoms with E-state index >= 15 is 0 Å². The number of nitrogens with one attached hydrogen (secondary N) is 1. The van der Waals surface area contributed by atoms with Crippen LogP contribution < -0.4 is 5.32 Å². The molecule has 0 saturated carbocycles. The van der Waals surface area contributed by atoms with Gasteiger partial charge < -0.3 is 9.73 Å². The molecule has 1 heterocycles. The summed E-state index contributed by atoms with van der Waals surface area (Å²) in [4.78, 5) is 9.91. The van der Waals surface area contributed by atoms with Gasteiger partial charge >= 0.3 is 5.88 Å². The highest BCUT2D eigenvalue weighted by Crippen LogP contribution is 2.16. The van der Waals surface area contributed by atoms with Crippen molar-refractivity contribution < 1.29 is 9.34 Å². The predicted octanol–water partition coefficient (Wildman–Crippen LogP) is 3.10. The Kier molecular flexibility index (Phi) is 5.15. The highest BCUT2D eigenvalue weighted by Gasteiger charge is 2.12. The van der Waals surface area contributed by atoms with Crippen LogP contribution in [-0.2, 0) is 6.54 Å². The molecule has 1 aromatic rings. The molecule has 2 unspecified atom stereocenters. The van der Waals surface area contributed by atoms with Crippen molar-refractivity contribution in [1.29, 1.82) is 0 Å². The van der Waals surface area contributed by atoms with Crippen LogP contribution in [0.5, 0.6) is 0 Å². The summed E-state index contributed by atoms with van der Waals surface area (Å²) in [5.41, 5.74) is 0. The smallest absolute Gasteiger partial charge is 0.404 e. The first kappa shape index (κ1) is 13.7. The van der Waals surface area contributed by atoms with E-state index in [0.717, 1.165) is 12.8 Å². The Labute approximate surface area is 101 Å². The zero-order chi connectivity index (χ0) is 12.8. The summed E-state index contributed by atoms with van der Waals surface area (Å²) in [6.07, 6.45) is 2.26. The van der Waals surface area contributed by atoms with Gasteiger partial charge in [-0.25, -0.2) is 0 Å². The summed E-state index contributed by atoms with van der Waals surface area (Å²) in [6, 6.07) is 3.41. The van der Waals surface area contributed by atoms with Gasteiger partial charge in [-0.2, -0.15) is 0 Å². The molecule has 17 heavy (non-hydrogen) atoms.